The van der Waals surface area contributed by atoms with Gasteiger partial charge in [-0.2, -0.15) is 0 Å². The lowest BCUT2D eigenvalue weighted by molar-refractivity contribution is 0.0691. The van der Waals surface area contributed by atoms with Crippen molar-refractivity contribution in [3.63, 3.8) is 0 Å². The highest BCUT2D eigenvalue weighted by Gasteiger charge is 2.13. The summed E-state index contributed by atoms with van der Waals surface area (Å²) in [4.78, 5) is 13.6. The molecule has 0 aliphatic heterocycles. The lowest BCUT2D eigenvalue weighted by Crippen LogP contribution is -2.24. The van der Waals surface area contributed by atoms with E-state index >= 15 is 0 Å². The molecule has 0 fully saturated rings. The van der Waals surface area contributed by atoms with E-state index in [1.165, 1.54) is 37.0 Å². The van der Waals surface area contributed by atoms with E-state index in [1.54, 1.807) is 6.07 Å². The fraction of sp³-hybridized carbons (Fsp3) is 0.344. The van der Waals surface area contributed by atoms with Crippen molar-refractivity contribution < 1.29 is 14.3 Å². The van der Waals surface area contributed by atoms with Crippen molar-refractivity contribution >= 4 is 11.7 Å². The van der Waals surface area contributed by atoms with Crippen LogP contribution in [0.1, 0.15) is 85.0 Å². The molecular formula is C32H36FNO2. The van der Waals surface area contributed by atoms with Gasteiger partial charge >= 0.3 is 5.97 Å². The smallest absolute Gasteiger partial charge is 0.338 e. The highest BCUT2D eigenvalue weighted by Crippen LogP contribution is 2.21. The summed E-state index contributed by atoms with van der Waals surface area (Å²) in [6.45, 7) is 5.75. The standard InChI is InChI=1S/C32H36FNO2/c1-3-5-7-8-22-34(24-28-18-21-31(33)30(23-28)32(35)36)29-19-16-27(17-20-29)15-14-26-12-10-25(11-13-26)9-6-4-2/h10-13,16-21,23H,3-9,22,24H2,1-2H3,(H,35,36). The second kappa shape index (κ2) is 14.1. The van der Waals surface area contributed by atoms with E-state index in [0.29, 0.717) is 6.54 Å². The molecule has 1 N–H and O–H groups in total. The Morgan fingerprint density at radius 3 is 2.03 bits per heavy atom. The molecule has 0 saturated carbocycles. The SMILES string of the molecule is CCCCCCN(Cc1ccc(F)c(C(=O)O)c1)c1ccc(C#Cc2ccc(CCCC)cc2)cc1. The third kappa shape index (κ3) is 8.27. The number of aryl methyl sites for hydroxylation is 1. The van der Waals surface area contributed by atoms with Gasteiger partial charge in [-0.1, -0.05) is 69.6 Å². The van der Waals surface area contributed by atoms with E-state index in [9.17, 15) is 14.3 Å². The van der Waals surface area contributed by atoms with Crippen molar-refractivity contribution in [2.45, 2.75) is 65.3 Å². The Hall–Kier alpha value is -3.58. The number of rotatable bonds is 12. The largest absolute Gasteiger partial charge is 0.478 e. The van der Waals surface area contributed by atoms with Gasteiger partial charge in [-0.25, -0.2) is 9.18 Å². The minimum atomic E-state index is -1.25. The highest BCUT2D eigenvalue weighted by molar-refractivity contribution is 5.88. The van der Waals surface area contributed by atoms with Crippen LogP contribution < -0.4 is 4.90 Å². The molecule has 3 rings (SSSR count). The summed E-state index contributed by atoms with van der Waals surface area (Å²) >= 11 is 0. The minimum absolute atomic E-state index is 0.289. The predicted octanol–water partition coefficient (Wildman–Crippen LogP) is 7.85. The van der Waals surface area contributed by atoms with Crippen LogP contribution in [0.3, 0.4) is 0 Å². The number of halogens is 1. The van der Waals surface area contributed by atoms with Crippen molar-refractivity contribution in [1.29, 1.82) is 0 Å². The Morgan fingerprint density at radius 1 is 0.806 bits per heavy atom. The first-order valence-electron chi connectivity index (χ1n) is 13.0. The number of carbonyl (C=O) groups is 1. The fourth-order valence-corrected chi connectivity index (χ4v) is 4.12. The van der Waals surface area contributed by atoms with Gasteiger partial charge in [0.2, 0.25) is 0 Å². The van der Waals surface area contributed by atoms with Crippen molar-refractivity contribution in [1.82, 2.24) is 0 Å². The number of nitrogens with zero attached hydrogens (tertiary/aromatic N) is 1. The zero-order chi connectivity index (χ0) is 25.8. The van der Waals surface area contributed by atoms with Crippen molar-refractivity contribution in [2.24, 2.45) is 0 Å². The van der Waals surface area contributed by atoms with Gasteiger partial charge in [0.25, 0.3) is 0 Å². The predicted molar refractivity (Wildman–Crippen MR) is 146 cm³/mol. The van der Waals surface area contributed by atoms with Crippen LogP contribution in [0.15, 0.2) is 66.7 Å². The molecule has 0 radical (unpaired) electrons. The number of anilines is 1. The zero-order valence-corrected chi connectivity index (χ0v) is 21.4. The van der Waals surface area contributed by atoms with E-state index in [-0.39, 0.29) is 5.56 Å². The lowest BCUT2D eigenvalue weighted by atomic mass is 10.1. The number of unbranched alkanes of at least 4 members (excludes halogenated alkanes) is 4. The molecule has 0 heterocycles. The molecule has 0 atom stereocenters. The van der Waals surface area contributed by atoms with Crippen molar-refractivity contribution in [3.05, 3.63) is 100 Å². The number of aromatic carboxylic acids is 1. The number of carboxylic acids is 1. The van der Waals surface area contributed by atoms with Gasteiger partial charge in [0, 0.05) is 29.9 Å². The molecule has 3 aromatic rings. The fourth-order valence-electron chi connectivity index (χ4n) is 4.12. The summed E-state index contributed by atoms with van der Waals surface area (Å²) in [5.74, 6) is 4.54. The zero-order valence-electron chi connectivity index (χ0n) is 21.4. The van der Waals surface area contributed by atoms with Crippen LogP contribution in [-0.2, 0) is 13.0 Å². The van der Waals surface area contributed by atoms with Crippen LogP contribution in [0.5, 0.6) is 0 Å². The first kappa shape index (κ1) is 27.0. The molecule has 0 saturated heterocycles. The van der Waals surface area contributed by atoms with Crippen LogP contribution in [-0.4, -0.2) is 17.6 Å². The first-order valence-corrected chi connectivity index (χ1v) is 13.0. The summed E-state index contributed by atoms with van der Waals surface area (Å²) in [7, 11) is 0. The van der Waals surface area contributed by atoms with Crippen LogP contribution in [0, 0.1) is 17.7 Å². The summed E-state index contributed by atoms with van der Waals surface area (Å²) in [6, 6.07) is 21.0. The average Bonchev–Trinajstić information content (AvgIpc) is 2.89. The van der Waals surface area contributed by atoms with Crippen LogP contribution in [0.25, 0.3) is 0 Å². The molecule has 0 aliphatic rings. The topological polar surface area (TPSA) is 40.5 Å². The van der Waals surface area contributed by atoms with Gasteiger partial charge in [0.1, 0.15) is 5.82 Å². The molecule has 0 amide bonds. The Morgan fingerprint density at radius 2 is 1.42 bits per heavy atom. The van der Waals surface area contributed by atoms with Gasteiger partial charge in [0.05, 0.1) is 5.56 Å². The van der Waals surface area contributed by atoms with Gasteiger partial charge in [-0.15, -0.1) is 0 Å². The molecule has 0 aromatic heterocycles. The second-order valence-corrected chi connectivity index (χ2v) is 9.20. The number of hydrogen-bond acceptors (Lipinski definition) is 2. The Kier molecular flexibility index (Phi) is 10.6. The third-order valence-corrected chi connectivity index (χ3v) is 6.27. The van der Waals surface area contributed by atoms with Gasteiger partial charge < -0.3 is 10.0 Å². The lowest BCUT2D eigenvalue weighted by Gasteiger charge is -2.25. The summed E-state index contributed by atoms with van der Waals surface area (Å²) in [6.07, 6.45) is 8.02. The maximum Gasteiger partial charge on any atom is 0.338 e. The number of hydrogen-bond donors (Lipinski definition) is 1. The Balaban J connectivity index is 1.73. The molecule has 188 valence electrons. The third-order valence-electron chi connectivity index (χ3n) is 6.27. The van der Waals surface area contributed by atoms with E-state index < -0.39 is 11.8 Å². The van der Waals surface area contributed by atoms with E-state index in [2.05, 4.69) is 67.0 Å². The molecule has 0 unspecified atom stereocenters. The molecule has 3 nitrogen and oxygen atoms in total. The Bertz CT molecular complexity index is 1170. The van der Waals surface area contributed by atoms with E-state index in [0.717, 1.165) is 54.6 Å². The van der Waals surface area contributed by atoms with Crippen molar-refractivity contribution in [3.8, 4) is 11.8 Å². The van der Waals surface area contributed by atoms with E-state index in [1.807, 2.05) is 12.1 Å². The molecule has 36 heavy (non-hydrogen) atoms. The summed E-state index contributed by atoms with van der Waals surface area (Å²) < 4.78 is 13.9. The molecule has 3 aromatic carbocycles. The van der Waals surface area contributed by atoms with Gasteiger partial charge in [0.15, 0.2) is 0 Å². The molecular weight excluding hydrogens is 449 g/mol. The molecule has 0 spiro atoms. The van der Waals surface area contributed by atoms with Crippen LogP contribution >= 0.6 is 0 Å². The number of benzene rings is 3. The summed E-state index contributed by atoms with van der Waals surface area (Å²) in [5, 5.41) is 9.29. The van der Waals surface area contributed by atoms with Gasteiger partial charge in [-0.05, 0) is 78.9 Å². The molecule has 0 bridgehead atoms. The maximum absolute atomic E-state index is 13.9. The average molecular weight is 486 g/mol. The van der Waals surface area contributed by atoms with Crippen LogP contribution in [0.4, 0.5) is 10.1 Å². The van der Waals surface area contributed by atoms with Gasteiger partial charge in [-0.3, -0.25) is 0 Å². The van der Waals surface area contributed by atoms with Crippen molar-refractivity contribution in [2.75, 3.05) is 11.4 Å². The quantitative estimate of drug-likeness (QED) is 0.210. The minimum Gasteiger partial charge on any atom is -0.478 e. The molecule has 4 heteroatoms. The monoisotopic (exact) mass is 485 g/mol. The second-order valence-electron chi connectivity index (χ2n) is 9.20. The highest BCUT2D eigenvalue weighted by atomic mass is 19.1. The first-order chi connectivity index (χ1) is 17.5. The Labute approximate surface area is 215 Å². The van der Waals surface area contributed by atoms with E-state index in [4.69, 9.17) is 0 Å². The maximum atomic E-state index is 13.9. The summed E-state index contributed by atoms with van der Waals surface area (Å²) in [5.41, 5.74) is 4.82. The molecule has 0 aliphatic carbocycles. The normalized spacial score (nSPS) is 10.5. The number of carboxylic acid groups (broad SMARTS) is 1. The van der Waals surface area contributed by atoms with Crippen LogP contribution in [0.2, 0.25) is 0 Å².